The lowest BCUT2D eigenvalue weighted by Crippen LogP contribution is -2.12. The molecule has 0 aliphatic rings. The molecule has 0 amide bonds. The molecule has 82 valence electrons. The summed E-state index contributed by atoms with van der Waals surface area (Å²) in [5.74, 6) is -0.547. The Morgan fingerprint density at radius 1 is 1.50 bits per heavy atom. The van der Waals surface area contributed by atoms with Crippen molar-refractivity contribution in [2.24, 2.45) is 5.73 Å². The van der Waals surface area contributed by atoms with Crippen molar-refractivity contribution in [3.05, 3.63) is 47.8 Å². The molecule has 0 spiro atoms. The van der Waals surface area contributed by atoms with Crippen LogP contribution < -0.4 is 5.73 Å². The monoisotopic (exact) mass is 219 g/mol. The van der Waals surface area contributed by atoms with Gasteiger partial charge in [-0.2, -0.15) is 5.10 Å². The fourth-order valence-corrected chi connectivity index (χ4v) is 1.33. The van der Waals surface area contributed by atoms with Crippen LogP contribution in [0.2, 0.25) is 0 Å². The van der Waals surface area contributed by atoms with E-state index in [0.29, 0.717) is 17.7 Å². The Hall–Kier alpha value is -2.24. The third-order valence-electron chi connectivity index (χ3n) is 2.16. The number of hydrogen-bond donors (Lipinski definition) is 2. The molecule has 0 bridgehead atoms. The Morgan fingerprint density at radius 2 is 2.31 bits per heavy atom. The molecule has 0 aliphatic heterocycles. The van der Waals surface area contributed by atoms with E-state index >= 15 is 0 Å². The van der Waals surface area contributed by atoms with E-state index in [1.807, 2.05) is 0 Å². The molecule has 6 heteroatoms. The number of rotatable bonds is 3. The average molecular weight is 219 g/mol. The zero-order chi connectivity index (χ0) is 11.5. The summed E-state index contributed by atoms with van der Waals surface area (Å²) in [6, 6.07) is 4.44. The van der Waals surface area contributed by atoms with Gasteiger partial charge < -0.3 is 5.73 Å². The normalized spacial score (nSPS) is 10.3. The molecule has 1 heterocycles. The first-order valence-corrected chi connectivity index (χ1v) is 4.62. The second-order valence-electron chi connectivity index (χ2n) is 3.31. The number of nitrogen functional groups attached to an aromatic ring is 1. The van der Waals surface area contributed by atoms with Crippen molar-refractivity contribution in [3.63, 3.8) is 0 Å². The fraction of sp³-hybridized carbons (Fsp3) is 0.100. The SMILES string of the molecule is N=C(N)c1ccc(Cn2cncn2)c(F)c1. The van der Waals surface area contributed by atoms with E-state index in [-0.39, 0.29) is 5.84 Å². The number of hydrogen-bond acceptors (Lipinski definition) is 3. The highest BCUT2D eigenvalue weighted by molar-refractivity contribution is 5.94. The van der Waals surface area contributed by atoms with Gasteiger partial charge in [-0.1, -0.05) is 12.1 Å². The quantitative estimate of drug-likeness (QED) is 0.590. The molecule has 2 aromatic rings. The van der Waals surface area contributed by atoms with Crippen molar-refractivity contribution in [3.8, 4) is 0 Å². The Morgan fingerprint density at radius 3 is 2.88 bits per heavy atom. The number of nitrogens with zero attached hydrogens (tertiary/aromatic N) is 3. The van der Waals surface area contributed by atoms with Gasteiger partial charge in [0.1, 0.15) is 24.3 Å². The highest BCUT2D eigenvalue weighted by Gasteiger charge is 2.06. The van der Waals surface area contributed by atoms with Crippen molar-refractivity contribution in [1.29, 1.82) is 5.41 Å². The highest BCUT2D eigenvalue weighted by Crippen LogP contribution is 2.11. The molecule has 5 nitrogen and oxygen atoms in total. The first-order chi connectivity index (χ1) is 7.66. The van der Waals surface area contributed by atoms with Gasteiger partial charge in [0.25, 0.3) is 0 Å². The minimum absolute atomic E-state index is 0.147. The van der Waals surface area contributed by atoms with Crippen molar-refractivity contribution >= 4 is 5.84 Å². The van der Waals surface area contributed by atoms with E-state index in [1.54, 1.807) is 12.1 Å². The minimum Gasteiger partial charge on any atom is -0.384 e. The van der Waals surface area contributed by atoms with E-state index in [1.165, 1.54) is 23.4 Å². The number of amidine groups is 1. The fourth-order valence-electron chi connectivity index (χ4n) is 1.33. The maximum Gasteiger partial charge on any atom is 0.137 e. The Kier molecular flexibility index (Phi) is 2.63. The maximum absolute atomic E-state index is 13.6. The van der Waals surface area contributed by atoms with Gasteiger partial charge in [0, 0.05) is 11.1 Å². The van der Waals surface area contributed by atoms with Crippen LogP contribution in [0.3, 0.4) is 0 Å². The number of benzene rings is 1. The van der Waals surface area contributed by atoms with Crippen LogP contribution in [0.1, 0.15) is 11.1 Å². The van der Waals surface area contributed by atoms with E-state index in [4.69, 9.17) is 11.1 Å². The molecule has 1 aromatic heterocycles. The van der Waals surface area contributed by atoms with Gasteiger partial charge in [-0.05, 0) is 6.07 Å². The summed E-state index contributed by atoms with van der Waals surface area (Å²) in [5.41, 5.74) is 6.11. The molecule has 2 rings (SSSR count). The standard InChI is InChI=1S/C10H10FN5/c11-9-3-7(10(12)13)1-2-8(9)4-16-6-14-5-15-16/h1-3,5-6H,4H2,(H3,12,13). The summed E-state index contributed by atoms with van der Waals surface area (Å²) in [6.45, 7) is 0.310. The van der Waals surface area contributed by atoms with Crippen molar-refractivity contribution < 1.29 is 4.39 Å². The van der Waals surface area contributed by atoms with Crippen LogP contribution >= 0.6 is 0 Å². The molecule has 0 aliphatic carbocycles. The van der Waals surface area contributed by atoms with Gasteiger partial charge in [-0.25, -0.2) is 14.1 Å². The lowest BCUT2D eigenvalue weighted by atomic mass is 10.1. The average Bonchev–Trinajstić information content (AvgIpc) is 2.73. The van der Waals surface area contributed by atoms with Gasteiger partial charge in [0.2, 0.25) is 0 Å². The van der Waals surface area contributed by atoms with Crippen molar-refractivity contribution in [2.75, 3.05) is 0 Å². The molecular formula is C10H10FN5. The van der Waals surface area contributed by atoms with Crippen LogP contribution in [0.5, 0.6) is 0 Å². The number of halogens is 1. The molecule has 0 saturated heterocycles. The van der Waals surface area contributed by atoms with E-state index < -0.39 is 5.82 Å². The number of nitrogens with one attached hydrogen (secondary N) is 1. The molecular weight excluding hydrogens is 209 g/mol. The summed E-state index contributed by atoms with van der Waals surface area (Å²) in [7, 11) is 0. The molecule has 0 unspecified atom stereocenters. The first-order valence-electron chi connectivity index (χ1n) is 4.62. The van der Waals surface area contributed by atoms with Crippen LogP contribution in [0.25, 0.3) is 0 Å². The number of nitrogens with two attached hydrogens (primary N) is 1. The van der Waals surface area contributed by atoms with Gasteiger partial charge >= 0.3 is 0 Å². The molecule has 0 saturated carbocycles. The predicted octanol–water partition coefficient (Wildman–Crippen LogP) is 0.750. The van der Waals surface area contributed by atoms with Gasteiger partial charge in [0.05, 0.1) is 6.54 Å². The van der Waals surface area contributed by atoms with Crippen LogP contribution in [-0.4, -0.2) is 20.6 Å². The van der Waals surface area contributed by atoms with Crippen LogP contribution in [0.15, 0.2) is 30.9 Å². The zero-order valence-electron chi connectivity index (χ0n) is 8.39. The lowest BCUT2D eigenvalue weighted by Gasteiger charge is -2.05. The highest BCUT2D eigenvalue weighted by atomic mass is 19.1. The molecule has 16 heavy (non-hydrogen) atoms. The first kappa shape index (κ1) is 10.3. The van der Waals surface area contributed by atoms with Gasteiger partial charge in [-0.15, -0.1) is 0 Å². The maximum atomic E-state index is 13.6. The van der Waals surface area contributed by atoms with Crippen LogP contribution in [-0.2, 0) is 6.54 Å². The Bertz CT molecular complexity index is 506. The summed E-state index contributed by atoms with van der Waals surface area (Å²) in [6.07, 6.45) is 2.90. The molecule has 3 N–H and O–H groups in total. The smallest absolute Gasteiger partial charge is 0.137 e. The van der Waals surface area contributed by atoms with E-state index in [2.05, 4.69) is 10.1 Å². The topological polar surface area (TPSA) is 80.6 Å². The number of aromatic nitrogens is 3. The second-order valence-corrected chi connectivity index (χ2v) is 3.31. The summed E-state index contributed by atoms with van der Waals surface area (Å²) in [4.78, 5) is 3.77. The van der Waals surface area contributed by atoms with Crippen molar-refractivity contribution in [2.45, 2.75) is 6.54 Å². The van der Waals surface area contributed by atoms with Gasteiger partial charge in [-0.3, -0.25) is 5.41 Å². The minimum atomic E-state index is -0.400. The summed E-state index contributed by atoms with van der Waals surface area (Å²) < 4.78 is 15.1. The molecule has 0 fully saturated rings. The van der Waals surface area contributed by atoms with Crippen LogP contribution in [0.4, 0.5) is 4.39 Å². The molecule has 0 radical (unpaired) electrons. The third kappa shape index (κ3) is 2.05. The largest absolute Gasteiger partial charge is 0.384 e. The van der Waals surface area contributed by atoms with Crippen molar-refractivity contribution in [1.82, 2.24) is 14.8 Å². The predicted molar refractivity (Wildman–Crippen MR) is 56.5 cm³/mol. The Balaban J connectivity index is 2.26. The zero-order valence-corrected chi connectivity index (χ0v) is 8.39. The summed E-state index contributed by atoms with van der Waals surface area (Å²) in [5, 5.41) is 11.1. The lowest BCUT2D eigenvalue weighted by molar-refractivity contribution is 0.584. The third-order valence-corrected chi connectivity index (χ3v) is 2.16. The van der Waals surface area contributed by atoms with E-state index in [9.17, 15) is 4.39 Å². The summed E-state index contributed by atoms with van der Waals surface area (Å²) >= 11 is 0. The molecule has 1 aromatic carbocycles. The van der Waals surface area contributed by atoms with Gasteiger partial charge in [0.15, 0.2) is 0 Å². The van der Waals surface area contributed by atoms with Crippen LogP contribution in [0, 0.1) is 11.2 Å². The Labute approximate surface area is 91.2 Å². The second kappa shape index (κ2) is 4.09. The van der Waals surface area contributed by atoms with E-state index in [0.717, 1.165) is 0 Å². The molecule has 0 atom stereocenters.